The summed E-state index contributed by atoms with van der Waals surface area (Å²) in [5, 5.41) is 13.4. The van der Waals surface area contributed by atoms with Gasteiger partial charge in [0, 0.05) is 12.1 Å². The first-order valence-corrected chi connectivity index (χ1v) is 6.31. The fraction of sp³-hybridized carbons (Fsp3) is 0.846. The van der Waals surface area contributed by atoms with Gasteiger partial charge in [0.25, 0.3) is 0 Å². The van der Waals surface area contributed by atoms with Gasteiger partial charge in [0.2, 0.25) is 0 Å². The molecule has 3 atom stereocenters. The molecule has 1 saturated heterocycles. The van der Waals surface area contributed by atoms with E-state index in [1.54, 1.807) is 0 Å². The maximum absolute atomic E-state index is 9.76. The monoisotopic (exact) mass is 211 g/mol. The van der Waals surface area contributed by atoms with E-state index in [-0.39, 0.29) is 6.10 Å². The van der Waals surface area contributed by atoms with Gasteiger partial charge >= 0.3 is 0 Å². The average Bonchev–Trinajstić information content (AvgIpc) is 2.19. The number of aliphatic hydroxyl groups excluding tert-OH is 1. The van der Waals surface area contributed by atoms with Gasteiger partial charge in [-0.05, 0) is 32.1 Å². The Bertz CT molecular complexity index is 181. The van der Waals surface area contributed by atoms with E-state index in [4.69, 9.17) is 0 Å². The van der Waals surface area contributed by atoms with Crippen molar-refractivity contribution in [2.24, 2.45) is 0 Å². The van der Waals surface area contributed by atoms with Gasteiger partial charge in [-0.2, -0.15) is 0 Å². The molecule has 0 bridgehead atoms. The van der Waals surface area contributed by atoms with Crippen LogP contribution in [0.4, 0.5) is 0 Å². The summed E-state index contributed by atoms with van der Waals surface area (Å²) in [5.41, 5.74) is 0. The van der Waals surface area contributed by atoms with Gasteiger partial charge in [0.15, 0.2) is 0 Å². The van der Waals surface area contributed by atoms with Crippen LogP contribution in [0.25, 0.3) is 0 Å². The summed E-state index contributed by atoms with van der Waals surface area (Å²) < 4.78 is 0. The van der Waals surface area contributed by atoms with E-state index in [0.29, 0.717) is 12.1 Å². The highest BCUT2D eigenvalue weighted by Gasteiger charge is 2.21. The predicted octanol–water partition coefficient (Wildman–Crippen LogP) is 2.62. The summed E-state index contributed by atoms with van der Waals surface area (Å²) in [7, 11) is 0. The fourth-order valence-corrected chi connectivity index (χ4v) is 2.46. The summed E-state index contributed by atoms with van der Waals surface area (Å²) in [4.78, 5) is 0. The van der Waals surface area contributed by atoms with E-state index in [0.717, 1.165) is 25.7 Å². The zero-order chi connectivity index (χ0) is 11.1. The van der Waals surface area contributed by atoms with Crippen molar-refractivity contribution >= 4 is 0 Å². The van der Waals surface area contributed by atoms with E-state index in [1.165, 1.54) is 19.3 Å². The zero-order valence-corrected chi connectivity index (χ0v) is 9.91. The van der Waals surface area contributed by atoms with E-state index in [2.05, 4.69) is 18.8 Å². The van der Waals surface area contributed by atoms with Gasteiger partial charge in [0.1, 0.15) is 0 Å². The Morgan fingerprint density at radius 3 is 2.87 bits per heavy atom. The maximum atomic E-state index is 9.76. The number of aliphatic hydroxyl groups is 1. The van der Waals surface area contributed by atoms with E-state index in [9.17, 15) is 5.11 Å². The summed E-state index contributed by atoms with van der Waals surface area (Å²) in [5.74, 6) is 0. The van der Waals surface area contributed by atoms with Crippen molar-refractivity contribution in [3.63, 3.8) is 0 Å². The summed E-state index contributed by atoms with van der Waals surface area (Å²) in [6.45, 7) is 5.90. The van der Waals surface area contributed by atoms with Crippen molar-refractivity contribution in [1.29, 1.82) is 0 Å². The van der Waals surface area contributed by atoms with Crippen molar-refractivity contribution in [2.75, 3.05) is 0 Å². The third-order valence-electron chi connectivity index (χ3n) is 3.21. The van der Waals surface area contributed by atoms with Crippen molar-refractivity contribution in [2.45, 2.75) is 70.1 Å². The van der Waals surface area contributed by atoms with Gasteiger partial charge in [-0.3, -0.25) is 0 Å². The molecule has 2 N–H and O–H groups in total. The van der Waals surface area contributed by atoms with Gasteiger partial charge in [-0.15, -0.1) is 6.58 Å². The van der Waals surface area contributed by atoms with Crippen LogP contribution in [0.2, 0.25) is 0 Å². The molecule has 0 aliphatic carbocycles. The lowest BCUT2D eigenvalue weighted by Gasteiger charge is -2.31. The second-order valence-corrected chi connectivity index (χ2v) is 4.69. The van der Waals surface area contributed by atoms with Gasteiger partial charge in [0.05, 0.1) is 6.10 Å². The van der Waals surface area contributed by atoms with Gasteiger partial charge in [-0.1, -0.05) is 25.8 Å². The standard InChI is InChI=1S/C13H25NO/c1-3-6-11-8-5-9-12(14-11)10-13(15)7-4-2/h3,11-15H,1,4-10H2,2H3/t11-,12-,13+/m0/s1. The highest BCUT2D eigenvalue weighted by Crippen LogP contribution is 2.19. The van der Waals surface area contributed by atoms with Crippen molar-refractivity contribution in [1.82, 2.24) is 5.32 Å². The molecule has 88 valence electrons. The number of nitrogens with one attached hydrogen (secondary N) is 1. The minimum atomic E-state index is -0.116. The Labute approximate surface area is 93.8 Å². The molecule has 0 radical (unpaired) electrons. The van der Waals surface area contributed by atoms with Crippen LogP contribution >= 0.6 is 0 Å². The molecule has 2 nitrogen and oxygen atoms in total. The lowest BCUT2D eigenvalue weighted by Crippen LogP contribution is -2.43. The molecule has 1 rings (SSSR count). The zero-order valence-electron chi connectivity index (χ0n) is 9.91. The van der Waals surface area contributed by atoms with Crippen molar-refractivity contribution < 1.29 is 5.11 Å². The molecule has 2 heteroatoms. The summed E-state index contributed by atoms with van der Waals surface area (Å²) >= 11 is 0. The van der Waals surface area contributed by atoms with E-state index in [1.807, 2.05) is 6.08 Å². The molecule has 0 saturated carbocycles. The molecule has 0 amide bonds. The molecule has 1 heterocycles. The van der Waals surface area contributed by atoms with Crippen LogP contribution in [0.1, 0.15) is 51.9 Å². The highest BCUT2D eigenvalue weighted by atomic mass is 16.3. The van der Waals surface area contributed by atoms with Crippen LogP contribution in [0.5, 0.6) is 0 Å². The molecule has 0 aromatic rings. The SMILES string of the molecule is C=CC[C@H]1CCC[C@@H](C[C@H](O)CCC)N1. The van der Waals surface area contributed by atoms with Gasteiger partial charge in [-0.25, -0.2) is 0 Å². The minimum Gasteiger partial charge on any atom is -0.393 e. The fourth-order valence-electron chi connectivity index (χ4n) is 2.46. The molecule has 1 aliphatic heterocycles. The van der Waals surface area contributed by atoms with Crippen molar-refractivity contribution in [3.8, 4) is 0 Å². The Morgan fingerprint density at radius 2 is 2.20 bits per heavy atom. The van der Waals surface area contributed by atoms with Crippen LogP contribution in [-0.4, -0.2) is 23.3 Å². The van der Waals surface area contributed by atoms with Crippen molar-refractivity contribution in [3.05, 3.63) is 12.7 Å². The molecular formula is C13H25NO. The third-order valence-corrected chi connectivity index (χ3v) is 3.21. The second-order valence-electron chi connectivity index (χ2n) is 4.69. The van der Waals surface area contributed by atoms with Crippen LogP contribution in [0.15, 0.2) is 12.7 Å². The Morgan fingerprint density at radius 1 is 1.47 bits per heavy atom. The Balaban J connectivity index is 2.26. The first-order chi connectivity index (χ1) is 7.26. The molecular weight excluding hydrogens is 186 g/mol. The van der Waals surface area contributed by atoms with E-state index >= 15 is 0 Å². The second kappa shape index (κ2) is 7.02. The summed E-state index contributed by atoms with van der Waals surface area (Å²) in [6.07, 6.45) is 9.61. The minimum absolute atomic E-state index is 0.116. The average molecular weight is 211 g/mol. The van der Waals surface area contributed by atoms with Crippen LogP contribution in [-0.2, 0) is 0 Å². The smallest absolute Gasteiger partial charge is 0.0555 e. The molecule has 0 spiro atoms. The largest absolute Gasteiger partial charge is 0.393 e. The quantitative estimate of drug-likeness (QED) is 0.662. The topological polar surface area (TPSA) is 32.3 Å². The lowest BCUT2D eigenvalue weighted by molar-refractivity contribution is 0.127. The van der Waals surface area contributed by atoms with Crippen LogP contribution < -0.4 is 5.32 Å². The molecule has 0 aromatic heterocycles. The third kappa shape index (κ3) is 4.80. The number of piperidine rings is 1. The van der Waals surface area contributed by atoms with Crippen LogP contribution in [0, 0.1) is 0 Å². The first kappa shape index (κ1) is 12.7. The summed E-state index contributed by atoms with van der Waals surface area (Å²) in [6, 6.07) is 1.11. The molecule has 0 unspecified atom stereocenters. The Kier molecular flexibility index (Phi) is 5.96. The molecule has 1 aliphatic rings. The van der Waals surface area contributed by atoms with Crippen LogP contribution in [0.3, 0.4) is 0 Å². The molecule has 15 heavy (non-hydrogen) atoms. The number of rotatable bonds is 6. The lowest BCUT2D eigenvalue weighted by atomic mass is 9.92. The highest BCUT2D eigenvalue weighted by molar-refractivity contribution is 4.86. The van der Waals surface area contributed by atoms with E-state index < -0.39 is 0 Å². The van der Waals surface area contributed by atoms with Gasteiger partial charge < -0.3 is 10.4 Å². The number of hydrogen-bond acceptors (Lipinski definition) is 2. The Hall–Kier alpha value is -0.340. The number of hydrogen-bond donors (Lipinski definition) is 2. The maximum Gasteiger partial charge on any atom is 0.0555 e. The predicted molar refractivity (Wildman–Crippen MR) is 64.9 cm³/mol. The first-order valence-electron chi connectivity index (χ1n) is 6.31. The molecule has 1 fully saturated rings. The molecule has 0 aromatic carbocycles. The normalized spacial score (nSPS) is 28.7.